The molecule has 1 heterocycles. The number of anilines is 1. The summed E-state index contributed by atoms with van der Waals surface area (Å²) in [6.07, 6.45) is 0.855. The molecule has 1 aliphatic heterocycles. The van der Waals surface area contributed by atoms with Crippen LogP contribution in [0, 0.1) is 0 Å². The number of carbonyl (C=O) groups is 1. The molecule has 5 heteroatoms. The summed E-state index contributed by atoms with van der Waals surface area (Å²) >= 11 is 0. The van der Waals surface area contributed by atoms with Gasteiger partial charge in [-0.05, 0) is 31.2 Å². The summed E-state index contributed by atoms with van der Waals surface area (Å²) in [6.45, 7) is 1.99. The Kier molecular flexibility index (Phi) is 4.10. The van der Waals surface area contributed by atoms with Crippen molar-refractivity contribution in [2.24, 2.45) is 0 Å². The van der Waals surface area contributed by atoms with Crippen molar-refractivity contribution in [3.63, 3.8) is 0 Å². The fourth-order valence-corrected chi connectivity index (χ4v) is 2.72. The quantitative estimate of drug-likeness (QED) is 0.941. The maximum atomic E-state index is 12.6. The molecule has 1 atom stereocenters. The van der Waals surface area contributed by atoms with E-state index in [0.717, 1.165) is 17.7 Å². The zero-order valence-electron chi connectivity index (χ0n) is 13.4. The van der Waals surface area contributed by atoms with Crippen LogP contribution >= 0.6 is 0 Å². The molecular weight excluding hydrogens is 294 g/mol. The van der Waals surface area contributed by atoms with Crippen LogP contribution in [0.3, 0.4) is 0 Å². The summed E-state index contributed by atoms with van der Waals surface area (Å²) in [5.41, 5.74) is 2.15. The van der Waals surface area contributed by atoms with Crippen molar-refractivity contribution >= 4 is 11.6 Å². The monoisotopic (exact) mass is 313 g/mol. The van der Waals surface area contributed by atoms with Gasteiger partial charge in [0.2, 0.25) is 0 Å². The molecule has 120 valence electrons. The van der Waals surface area contributed by atoms with Crippen molar-refractivity contribution in [3.05, 3.63) is 47.5 Å². The number of para-hydroxylation sites is 2. The Hall–Kier alpha value is -2.69. The van der Waals surface area contributed by atoms with Gasteiger partial charge in [0.05, 0.1) is 19.9 Å². The highest BCUT2D eigenvalue weighted by Gasteiger charge is 2.25. The van der Waals surface area contributed by atoms with Gasteiger partial charge in [-0.25, -0.2) is 0 Å². The van der Waals surface area contributed by atoms with Crippen LogP contribution in [0.15, 0.2) is 36.4 Å². The fraction of sp³-hybridized carbons (Fsp3) is 0.278. The summed E-state index contributed by atoms with van der Waals surface area (Å²) < 4.78 is 16.4. The maximum absolute atomic E-state index is 12.6. The first-order valence-corrected chi connectivity index (χ1v) is 7.44. The Bertz CT molecular complexity index is 742. The van der Waals surface area contributed by atoms with Crippen LogP contribution in [0.2, 0.25) is 0 Å². The molecule has 0 unspecified atom stereocenters. The largest absolute Gasteiger partial charge is 0.495 e. The van der Waals surface area contributed by atoms with Crippen molar-refractivity contribution < 1.29 is 19.0 Å². The number of rotatable bonds is 4. The molecule has 1 N–H and O–H groups in total. The van der Waals surface area contributed by atoms with E-state index >= 15 is 0 Å². The average Bonchev–Trinajstić information content (AvgIpc) is 2.94. The Balaban J connectivity index is 1.90. The first-order valence-electron chi connectivity index (χ1n) is 7.44. The van der Waals surface area contributed by atoms with Crippen molar-refractivity contribution in [1.29, 1.82) is 0 Å². The molecule has 0 saturated carbocycles. The highest BCUT2D eigenvalue weighted by molar-refractivity contribution is 6.05. The number of hydrogen-bond acceptors (Lipinski definition) is 4. The second-order valence-electron chi connectivity index (χ2n) is 5.45. The molecule has 0 saturated heterocycles. The first-order chi connectivity index (χ1) is 11.1. The van der Waals surface area contributed by atoms with E-state index < -0.39 is 0 Å². The molecular formula is C18H19NO4. The topological polar surface area (TPSA) is 56.8 Å². The van der Waals surface area contributed by atoms with E-state index in [0.29, 0.717) is 22.7 Å². The van der Waals surface area contributed by atoms with E-state index in [1.165, 1.54) is 0 Å². The Morgan fingerprint density at radius 1 is 1.17 bits per heavy atom. The maximum Gasteiger partial charge on any atom is 0.255 e. The molecule has 1 aliphatic rings. The predicted octanol–water partition coefficient (Wildman–Crippen LogP) is 3.28. The van der Waals surface area contributed by atoms with Gasteiger partial charge >= 0.3 is 0 Å². The number of ether oxygens (including phenoxy) is 3. The third-order valence-electron chi connectivity index (χ3n) is 3.80. The number of nitrogens with one attached hydrogen (secondary N) is 1. The van der Waals surface area contributed by atoms with Crippen LogP contribution < -0.4 is 19.5 Å². The zero-order chi connectivity index (χ0) is 16.4. The third-order valence-corrected chi connectivity index (χ3v) is 3.80. The van der Waals surface area contributed by atoms with E-state index in [1.54, 1.807) is 32.4 Å². The van der Waals surface area contributed by atoms with Gasteiger partial charge in [0.1, 0.15) is 11.9 Å². The Morgan fingerprint density at radius 2 is 1.91 bits per heavy atom. The van der Waals surface area contributed by atoms with Crippen molar-refractivity contribution in [2.75, 3.05) is 19.5 Å². The standard InChI is InChI=1S/C18H19NO4/c1-11-8-12-9-13(10-16(22-3)17(12)23-11)18(20)19-14-6-4-5-7-15(14)21-2/h4-7,9-11H,8H2,1-3H3,(H,19,20)/t11-/m1/s1. The van der Waals surface area contributed by atoms with Crippen LogP contribution in [-0.4, -0.2) is 26.2 Å². The zero-order valence-corrected chi connectivity index (χ0v) is 13.4. The number of methoxy groups -OCH3 is 2. The Labute approximate surface area is 135 Å². The van der Waals surface area contributed by atoms with Gasteiger partial charge in [-0.1, -0.05) is 12.1 Å². The summed E-state index contributed by atoms with van der Waals surface area (Å²) in [7, 11) is 3.14. The van der Waals surface area contributed by atoms with E-state index in [2.05, 4.69) is 5.32 Å². The Morgan fingerprint density at radius 3 is 2.65 bits per heavy atom. The lowest BCUT2D eigenvalue weighted by Gasteiger charge is -2.12. The summed E-state index contributed by atoms with van der Waals surface area (Å²) in [5.74, 6) is 1.71. The highest BCUT2D eigenvalue weighted by Crippen LogP contribution is 2.39. The average molecular weight is 313 g/mol. The lowest BCUT2D eigenvalue weighted by molar-refractivity contribution is 0.102. The minimum Gasteiger partial charge on any atom is -0.495 e. The first kappa shape index (κ1) is 15.2. The van der Waals surface area contributed by atoms with E-state index in [4.69, 9.17) is 14.2 Å². The van der Waals surface area contributed by atoms with Gasteiger partial charge < -0.3 is 19.5 Å². The number of amides is 1. The molecule has 0 radical (unpaired) electrons. The van der Waals surface area contributed by atoms with Crippen molar-refractivity contribution in [3.8, 4) is 17.2 Å². The summed E-state index contributed by atoms with van der Waals surface area (Å²) in [5, 5.41) is 2.87. The van der Waals surface area contributed by atoms with Gasteiger partial charge in [-0.2, -0.15) is 0 Å². The molecule has 0 fully saturated rings. The number of fused-ring (bicyclic) bond motifs is 1. The van der Waals surface area contributed by atoms with Crippen LogP contribution in [0.1, 0.15) is 22.8 Å². The normalized spacial score (nSPS) is 15.5. The molecule has 0 spiro atoms. The van der Waals surface area contributed by atoms with Crippen molar-refractivity contribution in [1.82, 2.24) is 0 Å². The molecule has 0 bridgehead atoms. The summed E-state index contributed by atoms with van der Waals surface area (Å²) in [6, 6.07) is 10.8. The van der Waals surface area contributed by atoms with Crippen LogP contribution in [0.25, 0.3) is 0 Å². The molecule has 3 rings (SSSR count). The number of carbonyl (C=O) groups excluding carboxylic acids is 1. The summed E-state index contributed by atoms with van der Waals surface area (Å²) in [4.78, 5) is 12.6. The smallest absolute Gasteiger partial charge is 0.255 e. The van der Waals surface area contributed by atoms with Gasteiger partial charge in [0.15, 0.2) is 11.5 Å². The second kappa shape index (κ2) is 6.20. The minimum atomic E-state index is -0.213. The SMILES string of the molecule is COc1ccccc1NC(=O)c1cc2c(c(OC)c1)O[C@H](C)C2. The molecule has 2 aromatic carbocycles. The second-order valence-corrected chi connectivity index (χ2v) is 5.45. The van der Waals surface area contributed by atoms with Gasteiger partial charge in [-0.3, -0.25) is 4.79 Å². The number of hydrogen-bond donors (Lipinski definition) is 1. The fourth-order valence-electron chi connectivity index (χ4n) is 2.72. The molecule has 1 amide bonds. The van der Waals surface area contributed by atoms with E-state index in [9.17, 15) is 4.79 Å². The van der Waals surface area contributed by atoms with Gasteiger partial charge in [0, 0.05) is 17.5 Å². The lowest BCUT2D eigenvalue weighted by atomic mass is 10.1. The van der Waals surface area contributed by atoms with Gasteiger partial charge in [-0.15, -0.1) is 0 Å². The molecule has 23 heavy (non-hydrogen) atoms. The van der Waals surface area contributed by atoms with E-state index in [-0.39, 0.29) is 12.0 Å². The number of benzene rings is 2. The molecule has 2 aromatic rings. The van der Waals surface area contributed by atoms with Crippen LogP contribution in [-0.2, 0) is 6.42 Å². The molecule has 0 aromatic heterocycles. The van der Waals surface area contributed by atoms with Crippen LogP contribution in [0.5, 0.6) is 17.2 Å². The van der Waals surface area contributed by atoms with Crippen molar-refractivity contribution in [2.45, 2.75) is 19.4 Å². The lowest BCUT2D eigenvalue weighted by Crippen LogP contribution is -2.13. The van der Waals surface area contributed by atoms with E-state index in [1.807, 2.05) is 25.1 Å². The highest BCUT2D eigenvalue weighted by atomic mass is 16.5. The molecule has 5 nitrogen and oxygen atoms in total. The minimum absolute atomic E-state index is 0.0893. The van der Waals surface area contributed by atoms with Gasteiger partial charge in [0.25, 0.3) is 5.91 Å². The predicted molar refractivity (Wildman–Crippen MR) is 87.7 cm³/mol. The third kappa shape index (κ3) is 2.95. The molecule has 0 aliphatic carbocycles. The van der Waals surface area contributed by atoms with Crippen LogP contribution in [0.4, 0.5) is 5.69 Å².